The molecule has 0 saturated heterocycles. The Balaban J connectivity index is 0. The van der Waals surface area contributed by atoms with Crippen molar-refractivity contribution in [2.75, 3.05) is 0 Å². The van der Waals surface area contributed by atoms with E-state index in [1.54, 1.807) is 0 Å². The van der Waals surface area contributed by atoms with Crippen molar-refractivity contribution in [1.82, 2.24) is 0 Å². The SMILES string of the molecule is Cl.[2H]C([2H])([2H])C[C@H](N)C(N)=O. The predicted octanol–water partition coefficient (Wildman–Crippen LogP) is -0.369. The van der Waals surface area contributed by atoms with Crippen molar-refractivity contribution in [1.29, 1.82) is 0 Å². The zero-order valence-electron chi connectivity index (χ0n) is 7.26. The Bertz CT molecular complexity index is 138. The lowest BCUT2D eigenvalue weighted by Gasteiger charge is -1.98. The smallest absolute Gasteiger partial charge is 0.234 e. The molecule has 4 N–H and O–H groups in total. The molecule has 0 rings (SSSR count). The molecule has 0 aliphatic rings. The van der Waals surface area contributed by atoms with Gasteiger partial charge in [0, 0.05) is 4.11 Å². The summed E-state index contributed by atoms with van der Waals surface area (Å²) >= 11 is 0. The van der Waals surface area contributed by atoms with Gasteiger partial charge in [-0.05, 0) is 6.42 Å². The van der Waals surface area contributed by atoms with Gasteiger partial charge in [0.05, 0.1) is 6.04 Å². The molecule has 1 amide bonds. The van der Waals surface area contributed by atoms with Crippen molar-refractivity contribution < 1.29 is 8.91 Å². The molecule has 0 aliphatic heterocycles. The Kier molecular flexibility index (Phi) is 2.79. The van der Waals surface area contributed by atoms with Gasteiger partial charge in [0.1, 0.15) is 0 Å². The molecule has 0 fully saturated rings. The quantitative estimate of drug-likeness (QED) is 0.551. The average molecular weight is 142 g/mol. The maximum Gasteiger partial charge on any atom is 0.234 e. The molecule has 0 saturated carbocycles. The van der Waals surface area contributed by atoms with Crippen LogP contribution < -0.4 is 11.5 Å². The minimum Gasteiger partial charge on any atom is -0.368 e. The van der Waals surface area contributed by atoms with Crippen molar-refractivity contribution >= 4 is 18.3 Å². The van der Waals surface area contributed by atoms with Crippen LogP contribution in [0.15, 0.2) is 0 Å². The van der Waals surface area contributed by atoms with Gasteiger partial charge in [0.15, 0.2) is 0 Å². The third kappa shape index (κ3) is 3.89. The topological polar surface area (TPSA) is 69.1 Å². The monoisotopic (exact) mass is 141 g/mol. The molecule has 0 bridgehead atoms. The van der Waals surface area contributed by atoms with Crippen molar-refractivity contribution in [3.8, 4) is 0 Å². The van der Waals surface area contributed by atoms with E-state index in [0.29, 0.717) is 0 Å². The minimum atomic E-state index is -2.17. The van der Waals surface area contributed by atoms with Crippen molar-refractivity contribution in [3.63, 3.8) is 0 Å². The molecule has 0 aromatic rings. The number of carbonyl (C=O) groups is 1. The van der Waals surface area contributed by atoms with Crippen LogP contribution in [0.2, 0.25) is 0 Å². The molecule has 8 heavy (non-hydrogen) atoms. The van der Waals surface area contributed by atoms with E-state index in [4.69, 9.17) is 15.6 Å². The fourth-order valence-electron chi connectivity index (χ4n) is 0.101. The van der Waals surface area contributed by atoms with Crippen LogP contribution in [0.4, 0.5) is 0 Å². The number of rotatable bonds is 2. The van der Waals surface area contributed by atoms with Gasteiger partial charge < -0.3 is 11.5 Å². The van der Waals surface area contributed by atoms with Crippen molar-refractivity contribution in [2.45, 2.75) is 19.3 Å². The third-order valence-electron chi connectivity index (χ3n) is 0.585. The summed E-state index contributed by atoms with van der Waals surface area (Å²) in [7, 11) is 0. The van der Waals surface area contributed by atoms with Crippen LogP contribution >= 0.6 is 12.4 Å². The first-order valence-corrected chi connectivity index (χ1v) is 1.88. The third-order valence-corrected chi connectivity index (χ3v) is 0.585. The molecule has 1 atom stereocenters. The Morgan fingerprint density at radius 3 is 2.62 bits per heavy atom. The van der Waals surface area contributed by atoms with Gasteiger partial charge >= 0.3 is 0 Å². The predicted molar refractivity (Wildman–Crippen MR) is 34.7 cm³/mol. The zero-order valence-corrected chi connectivity index (χ0v) is 5.07. The Morgan fingerprint density at radius 1 is 2.00 bits per heavy atom. The number of hydrogen-bond donors (Lipinski definition) is 2. The summed E-state index contributed by atoms with van der Waals surface area (Å²) in [6.45, 7) is -2.17. The lowest BCUT2D eigenvalue weighted by molar-refractivity contribution is -0.119. The molecular weight excluding hydrogens is 128 g/mol. The van der Waals surface area contributed by atoms with E-state index in [-0.39, 0.29) is 18.8 Å². The van der Waals surface area contributed by atoms with Crippen LogP contribution in [0.5, 0.6) is 0 Å². The van der Waals surface area contributed by atoms with Crippen molar-refractivity contribution in [3.05, 3.63) is 0 Å². The number of hydrogen-bond acceptors (Lipinski definition) is 2. The number of carbonyl (C=O) groups excluding carboxylic acids is 1. The van der Waals surface area contributed by atoms with E-state index >= 15 is 0 Å². The van der Waals surface area contributed by atoms with Crippen LogP contribution in [0.25, 0.3) is 0 Å². The molecule has 0 aromatic heterocycles. The molecule has 0 radical (unpaired) electrons. The van der Waals surface area contributed by atoms with Gasteiger partial charge in [0.2, 0.25) is 5.91 Å². The lowest BCUT2D eigenvalue weighted by atomic mass is 10.2. The summed E-state index contributed by atoms with van der Waals surface area (Å²) in [5.74, 6) is -0.781. The summed E-state index contributed by atoms with van der Waals surface area (Å²) in [4.78, 5) is 10.2. The van der Waals surface area contributed by atoms with Gasteiger partial charge in [-0.2, -0.15) is 0 Å². The second-order valence-electron chi connectivity index (χ2n) is 1.21. The van der Waals surface area contributed by atoms with Crippen LogP contribution in [-0.2, 0) is 4.79 Å². The highest BCUT2D eigenvalue weighted by Gasteiger charge is 2.02. The van der Waals surface area contributed by atoms with Gasteiger partial charge in [-0.15, -0.1) is 12.4 Å². The van der Waals surface area contributed by atoms with Gasteiger partial charge in [-0.1, -0.05) is 6.85 Å². The molecular formula is C4H11ClN2O. The number of halogens is 1. The first kappa shape index (κ1) is 4.58. The highest BCUT2D eigenvalue weighted by molar-refractivity contribution is 5.85. The Hall–Kier alpha value is -0.280. The average Bonchev–Trinajstić information content (AvgIpc) is 1.60. The van der Waals surface area contributed by atoms with E-state index in [0.717, 1.165) is 0 Å². The summed E-state index contributed by atoms with van der Waals surface area (Å²) in [5, 5.41) is 0. The summed E-state index contributed by atoms with van der Waals surface area (Å²) in [5.41, 5.74) is 9.80. The summed E-state index contributed by atoms with van der Waals surface area (Å²) in [6, 6.07) is -1.06. The molecule has 0 aliphatic carbocycles. The van der Waals surface area contributed by atoms with Crippen LogP contribution in [0.3, 0.4) is 0 Å². The Labute approximate surface area is 59.0 Å². The molecule has 0 aromatic carbocycles. The first-order chi connectivity index (χ1) is 4.33. The van der Waals surface area contributed by atoms with Gasteiger partial charge in [-0.3, -0.25) is 4.79 Å². The van der Waals surface area contributed by atoms with E-state index in [1.165, 1.54) is 0 Å². The molecule has 0 unspecified atom stereocenters. The number of nitrogens with two attached hydrogens (primary N) is 2. The fourth-order valence-corrected chi connectivity index (χ4v) is 0.101. The number of primary amides is 1. The van der Waals surface area contributed by atoms with Crippen molar-refractivity contribution in [2.24, 2.45) is 11.5 Å². The minimum absolute atomic E-state index is 0. The highest BCUT2D eigenvalue weighted by atomic mass is 35.5. The molecule has 50 valence electrons. The maximum absolute atomic E-state index is 10.2. The maximum atomic E-state index is 10.2. The standard InChI is InChI=1S/C4H10N2O.ClH/c1-2-3(5)4(6)7;/h3H,2,5H2,1H3,(H2,6,7);1H/t3-;/m0./s1/i1D3;. The van der Waals surface area contributed by atoms with E-state index in [9.17, 15) is 4.79 Å². The van der Waals surface area contributed by atoms with E-state index in [1.807, 2.05) is 0 Å². The highest BCUT2D eigenvalue weighted by Crippen LogP contribution is 1.80. The van der Waals surface area contributed by atoms with Gasteiger partial charge in [-0.25, -0.2) is 0 Å². The normalized spacial score (nSPS) is 18.9. The molecule has 3 nitrogen and oxygen atoms in total. The lowest BCUT2D eigenvalue weighted by Crippen LogP contribution is -2.35. The number of amides is 1. The summed E-state index contributed by atoms with van der Waals surface area (Å²) in [6.07, 6.45) is -0.359. The Morgan fingerprint density at radius 2 is 2.50 bits per heavy atom. The van der Waals surface area contributed by atoms with Gasteiger partial charge in [0.25, 0.3) is 0 Å². The second-order valence-corrected chi connectivity index (χ2v) is 1.21. The molecule has 4 heteroatoms. The second kappa shape index (κ2) is 4.87. The van der Waals surface area contributed by atoms with Crippen LogP contribution in [0.1, 0.15) is 17.4 Å². The van der Waals surface area contributed by atoms with Crippen LogP contribution in [-0.4, -0.2) is 11.9 Å². The zero-order chi connectivity index (χ0) is 8.36. The fraction of sp³-hybridized carbons (Fsp3) is 0.750. The molecule has 0 heterocycles. The van der Waals surface area contributed by atoms with E-state index < -0.39 is 18.8 Å². The summed E-state index contributed by atoms with van der Waals surface area (Å²) < 4.78 is 20.1. The largest absolute Gasteiger partial charge is 0.368 e. The van der Waals surface area contributed by atoms with E-state index in [2.05, 4.69) is 0 Å². The van der Waals surface area contributed by atoms with Crippen LogP contribution in [0, 0.1) is 0 Å². The first-order valence-electron chi connectivity index (χ1n) is 3.38. The molecule has 0 spiro atoms.